The van der Waals surface area contributed by atoms with Crippen molar-refractivity contribution in [2.45, 2.75) is 76.8 Å². The summed E-state index contributed by atoms with van der Waals surface area (Å²) >= 11 is 0. The van der Waals surface area contributed by atoms with Crippen molar-refractivity contribution in [1.29, 1.82) is 0 Å². The molecular formula is C33H40N4O2. The Kier molecular flexibility index (Phi) is 8.12. The van der Waals surface area contributed by atoms with Crippen molar-refractivity contribution in [1.82, 2.24) is 9.88 Å². The van der Waals surface area contributed by atoms with Crippen LogP contribution in [0.3, 0.4) is 0 Å². The molecule has 0 atom stereocenters. The smallest absolute Gasteiger partial charge is 0.224 e. The van der Waals surface area contributed by atoms with Crippen LogP contribution in [-0.2, 0) is 15.1 Å². The maximum Gasteiger partial charge on any atom is 0.224 e. The molecule has 5 rings (SSSR count). The number of benzene rings is 2. The topological polar surface area (TPSA) is 88.3 Å². The minimum atomic E-state index is -0.410. The highest BCUT2D eigenvalue weighted by Gasteiger charge is 2.30. The van der Waals surface area contributed by atoms with Gasteiger partial charge < -0.3 is 16.0 Å². The third-order valence-corrected chi connectivity index (χ3v) is 8.25. The molecule has 1 aliphatic carbocycles. The molecule has 0 bridgehead atoms. The lowest BCUT2D eigenvalue weighted by Gasteiger charge is -2.38. The van der Waals surface area contributed by atoms with Crippen LogP contribution in [0.1, 0.15) is 70.8 Å². The summed E-state index contributed by atoms with van der Waals surface area (Å²) in [5.74, 6) is 0.689. The monoisotopic (exact) mass is 524 g/mol. The fourth-order valence-electron chi connectivity index (χ4n) is 6.01. The summed E-state index contributed by atoms with van der Waals surface area (Å²) < 4.78 is 0. The van der Waals surface area contributed by atoms with Gasteiger partial charge >= 0.3 is 0 Å². The first-order valence-corrected chi connectivity index (χ1v) is 14.3. The number of likely N-dealkylation sites (tertiary alicyclic amines) is 1. The van der Waals surface area contributed by atoms with Crippen molar-refractivity contribution < 1.29 is 9.59 Å². The van der Waals surface area contributed by atoms with Gasteiger partial charge in [-0.1, -0.05) is 54.6 Å². The van der Waals surface area contributed by atoms with E-state index in [1.807, 2.05) is 38.1 Å². The summed E-state index contributed by atoms with van der Waals surface area (Å²) in [6.07, 6.45) is 9.05. The first-order chi connectivity index (χ1) is 18.8. The standard InChI is InChI=1S/C33H40N4O2/c1-33(2,34)26-15-13-25(14-16-26)32-29(24-8-4-3-5-9-24)21-27(22-35-32)36-30(38)20-23-11-17-28(18-12-23)37-19-7-6-10-31(37)39/h3-5,8-9,13-16,21-23,28H,6-7,10-12,17-20,34H2,1-2H3,(H,36,38). The van der Waals surface area contributed by atoms with E-state index in [0.717, 1.165) is 73.0 Å². The van der Waals surface area contributed by atoms with Gasteiger partial charge in [-0.15, -0.1) is 0 Å². The number of anilines is 1. The summed E-state index contributed by atoms with van der Waals surface area (Å²) in [6.45, 7) is 4.89. The average Bonchev–Trinajstić information content (AvgIpc) is 2.94. The van der Waals surface area contributed by atoms with E-state index in [-0.39, 0.29) is 5.91 Å². The van der Waals surface area contributed by atoms with Gasteiger partial charge in [0.25, 0.3) is 0 Å². The Bertz CT molecular complexity index is 1290. The molecule has 39 heavy (non-hydrogen) atoms. The second kappa shape index (κ2) is 11.7. The molecule has 204 valence electrons. The van der Waals surface area contributed by atoms with Crippen LogP contribution in [0.5, 0.6) is 0 Å². The lowest BCUT2D eigenvalue weighted by atomic mass is 9.82. The van der Waals surface area contributed by atoms with Crippen LogP contribution >= 0.6 is 0 Å². The second-order valence-corrected chi connectivity index (χ2v) is 11.8. The van der Waals surface area contributed by atoms with E-state index in [2.05, 4.69) is 46.6 Å². The molecule has 3 N–H and O–H groups in total. The summed E-state index contributed by atoms with van der Waals surface area (Å²) in [6, 6.07) is 20.8. The van der Waals surface area contributed by atoms with Crippen LogP contribution in [-0.4, -0.2) is 34.3 Å². The van der Waals surface area contributed by atoms with Gasteiger partial charge in [-0.2, -0.15) is 0 Å². The van der Waals surface area contributed by atoms with Crippen molar-refractivity contribution in [3.63, 3.8) is 0 Å². The number of rotatable bonds is 7. The van der Waals surface area contributed by atoms with E-state index in [4.69, 9.17) is 10.7 Å². The molecule has 6 heteroatoms. The van der Waals surface area contributed by atoms with Crippen LogP contribution in [0.15, 0.2) is 66.9 Å². The predicted molar refractivity (Wildman–Crippen MR) is 157 cm³/mol. The molecule has 2 amide bonds. The zero-order valence-corrected chi connectivity index (χ0v) is 23.2. The lowest BCUT2D eigenvalue weighted by Crippen LogP contribution is -2.45. The number of piperidine rings is 1. The van der Waals surface area contributed by atoms with E-state index in [1.165, 1.54) is 0 Å². The first kappa shape index (κ1) is 27.1. The highest BCUT2D eigenvalue weighted by atomic mass is 16.2. The third-order valence-electron chi connectivity index (χ3n) is 8.25. The highest BCUT2D eigenvalue weighted by Crippen LogP contribution is 2.34. The van der Waals surface area contributed by atoms with Crippen molar-refractivity contribution in [2.75, 3.05) is 11.9 Å². The van der Waals surface area contributed by atoms with Crippen LogP contribution in [0.4, 0.5) is 5.69 Å². The number of hydrogen-bond acceptors (Lipinski definition) is 4. The maximum atomic E-state index is 13.0. The number of aromatic nitrogens is 1. The van der Waals surface area contributed by atoms with E-state index in [9.17, 15) is 9.59 Å². The van der Waals surface area contributed by atoms with Crippen molar-refractivity contribution in [3.8, 4) is 22.4 Å². The molecule has 0 radical (unpaired) electrons. The highest BCUT2D eigenvalue weighted by molar-refractivity contribution is 5.93. The van der Waals surface area contributed by atoms with Crippen molar-refractivity contribution in [3.05, 3.63) is 72.4 Å². The molecule has 1 saturated heterocycles. The summed E-state index contributed by atoms with van der Waals surface area (Å²) in [5, 5.41) is 3.11. The third kappa shape index (κ3) is 6.56. The number of nitrogens with one attached hydrogen (secondary N) is 1. The maximum absolute atomic E-state index is 13.0. The Hall–Kier alpha value is -3.51. The van der Waals surface area contributed by atoms with E-state index < -0.39 is 5.54 Å². The van der Waals surface area contributed by atoms with Gasteiger partial charge in [0, 0.05) is 42.1 Å². The second-order valence-electron chi connectivity index (χ2n) is 11.8. The molecule has 3 aromatic rings. The first-order valence-electron chi connectivity index (χ1n) is 14.3. The Morgan fingerprint density at radius 2 is 1.72 bits per heavy atom. The molecule has 1 saturated carbocycles. The fraction of sp³-hybridized carbons (Fsp3) is 0.424. The van der Waals surface area contributed by atoms with Crippen molar-refractivity contribution >= 4 is 17.5 Å². The average molecular weight is 525 g/mol. The Morgan fingerprint density at radius 3 is 2.38 bits per heavy atom. The molecule has 1 aromatic heterocycles. The van der Waals surface area contributed by atoms with Gasteiger partial charge in [-0.05, 0) is 75.5 Å². The molecule has 2 heterocycles. The molecule has 6 nitrogen and oxygen atoms in total. The summed E-state index contributed by atoms with van der Waals surface area (Å²) in [5.41, 5.74) is 11.5. The minimum absolute atomic E-state index is 0.0237. The molecule has 0 spiro atoms. The fourth-order valence-corrected chi connectivity index (χ4v) is 6.01. The molecular weight excluding hydrogens is 484 g/mol. The molecule has 2 aromatic carbocycles. The van der Waals surface area contributed by atoms with E-state index in [0.29, 0.717) is 36.4 Å². The van der Waals surface area contributed by atoms with Crippen LogP contribution in [0, 0.1) is 5.92 Å². The van der Waals surface area contributed by atoms with Crippen LogP contribution in [0.25, 0.3) is 22.4 Å². The zero-order chi connectivity index (χ0) is 27.4. The van der Waals surface area contributed by atoms with E-state index in [1.54, 1.807) is 6.20 Å². The Morgan fingerprint density at radius 1 is 1.00 bits per heavy atom. The molecule has 2 aliphatic rings. The van der Waals surface area contributed by atoms with Gasteiger partial charge in [-0.3, -0.25) is 14.6 Å². The molecule has 0 unspecified atom stereocenters. The van der Waals surface area contributed by atoms with Crippen molar-refractivity contribution in [2.24, 2.45) is 11.7 Å². The molecule has 1 aliphatic heterocycles. The number of nitrogens with zero attached hydrogens (tertiary/aromatic N) is 2. The number of nitrogens with two attached hydrogens (primary N) is 1. The van der Waals surface area contributed by atoms with Gasteiger partial charge in [0.15, 0.2) is 0 Å². The number of carbonyl (C=O) groups excluding carboxylic acids is 2. The van der Waals surface area contributed by atoms with Gasteiger partial charge in [0.05, 0.1) is 17.6 Å². The summed E-state index contributed by atoms with van der Waals surface area (Å²) in [4.78, 5) is 32.2. The molecule has 2 fully saturated rings. The number of pyridine rings is 1. The predicted octanol–water partition coefficient (Wildman–Crippen LogP) is 6.51. The Balaban J connectivity index is 1.27. The van der Waals surface area contributed by atoms with Gasteiger partial charge in [0.2, 0.25) is 11.8 Å². The van der Waals surface area contributed by atoms with Gasteiger partial charge in [0.1, 0.15) is 0 Å². The van der Waals surface area contributed by atoms with Crippen LogP contribution < -0.4 is 11.1 Å². The largest absolute Gasteiger partial charge is 0.340 e. The quantitative estimate of drug-likeness (QED) is 0.369. The number of amides is 2. The minimum Gasteiger partial charge on any atom is -0.340 e. The number of carbonyl (C=O) groups is 2. The number of hydrogen-bond donors (Lipinski definition) is 2. The van der Waals surface area contributed by atoms with E-state index >= 15 is 0 Å². The Labute approximate surface area is 232 Å². The zero-order valence-electron chi connectivity index (χ0n) is 23.2. The SMILES string of the molecule is CC(C)(N)c1ccc(-c2ncc(NC(=O)CC3CCC(N4CCCCC4=O)CC3)cc2-c2ccccc2)cc1. The van der Waals surface area contributed by atoms with Crippen LogP contribution in [0.2, 0.25) is 0 Å². The summed E-state index contributed by atoms with van der Waals surface area (Å²) in [7, 11) is 0. The van der Waals surface area contributed by atoms with Gasteiger partial charge in [-0.25, -0.2) is 0 Å². The normalized spacial score (nSPS) is 20.1. The lowest BCUT2D eigenvalue weighted by molar-refractivity contribution is -0.136.